The molecule has 19 heavy (non-hydrogen) atoms. The molecule has 1 saturated heterocycles. The molecule has 1 aromatic rings. The Labute approximate surface area is 113 Å². The minimum absolute atomic E-state index is 0.0867. The molecule has 5 heteroatoms. The van der Waals surface area contributed by atoms with Crippen molar-refractivity contribution in [2.45, 2.75) is 38.8 Å². The molecule has 1 aromatic carbocycles. The maximum absolute atomic E-state index is 10.9. The van der Waals surface area contributed by atoms with E-state index in [9.17, 15) is 10.1 Å². The smallest absolute Gasteiger partial charge is 0.272 e. The highest BCUT2D eigenvalue weighted by Gasteiger charge is 2.28. The average Bonchev–Trinajstić information content (AvgIpc) is 2.78. The summed E-state index contributed by atoms with van der Waals surface area (Å²) in [5.74, 6) is 0. The van der Waals surface area contributed by atoms with Gasteiger partial charge in [-0.2, -0.15) is 0 Å². The van der Waals surface area contributed by atoms with E-state index in [0.717, 1.165) is 31.6 Å². The van der Waals surface area contributed by atoms with Gasteiger partial charge in [0, 0.05) is 31.3 Å². The fourth-order valence-electron chi connectivity index (χ4n) is 2.41. The summed E-state index contributed by atoms with van der Waals surface area (Å²) < 4.78 is 5.69. The molecule has 0 saturated carbocycles. The van der Waals surface area contributed by atoms with Crippen LogP contribution in [0.4, 0.5) is 5.69 Å². The van der Waals surface area contributed by atoms with Gasteiger partial charge in [-0.3, -0.25) is 10.1 Å². The number of benzene rings is 1. The summed E-state index contributed by atoms with van der Waals surface area (Å²) >= 11 is 0. The van der Waals surface area contributed by atoms with Gasteiger partial charge < -0.3 is 10.1 Å². The van der Waals surface area contributed by atoms with E-state index in [4.69, 9.17) is 4.74 Å². The van der Waals surface area contributed by atoms with E-state index in [1.54, 1.807) is 19.1 Å². The van der Waals surface area contributed by atoms with E-state index < -0.39 is 0 Å². The Morgan fingerprint density at radius 3 is 2.95 bits per heavy atom. The molecule has 1 heterocycles. The number of rotatable bonds is 5. The summed E-state index contributed by atoms with van der Waals surface area (Å²) in [7, 11) is 0. The third kappa shape index (κ3) is 3.52. The molecular formula is C14H20N2O3. The van der Waals surface area contributed by atoms with Crippen LogP contribution in [0.5, 0.6) is 0 Å². The molecule has 1 N–H and O–H groups in total. The van der Waals surface area contributed by atoms with Gasteiger partial charge in [-0.15, -0.1) is 0 Å². The van der Waals surface area contributed by atoms with Crippen LogP contribution in [0.15, 0.2) is 18.2 Å². The molecule has 0 amide bonds. The maximum atomic E-state index is 10.9. The number of nitro benzene ring substituents is 1. The normalized spacial score (nSPS) is 22.6. The molecule has 1 aliphatic heterocycles. The lowest BCUT2D eigenvalue weighted by molar-refractivity contribution is -0.385. The summed E-state index contributed by atoms with van der Waals surface area (Å²) in [6.45, 7) is 6.08. The van der Waals surface area contributed by atoms with E-state index in [0.29, 0.717) is 12.1 Å². The van der Waals surface area contributed by atoms with Gasteiger partial charge in [0.25, 0.3) is 5.69 Å². The largest absolute Gasteiger partial charge is 0.374 e. The van der Waals surface area contributed by atoms with Crippen LogP contribution in [0.3, 0.4) is 0 Å². The fourth-order valence-corrected chi connectivity index (χ4v) is 2.41. The maximum Gasteiger partial charge on any atom is 0.272 e. The van der Waals surface area contributed by atoms with Crippen molar-refractivity contribution in [2.24, 2.45) is 0 Å². The highest BCUT2D eigenvalue weighted by molar-refractivity contribution is 5.42. The Kier molecular flexibility index (Phi) is 4.17. The first kappa shape index (κ1) is 14.0. The van der Waals surface area contributed by atoms with Gasteiger partial charge >= 0.3 is 0 Å². The molecular weight excluding hydrogens is 244 g/mol. The molecule has 0 bridgehead atoms. The predicted octanol–water partition coefficient (Wildman–Crippen LogP) is 2.56. The monoisotopic (exact) mass is 264 g/mol. The summed E-state index contributed by atoms with van der Waals surface area (Å²) in [6, 6.07) is 5.36. The fraction of sp³-hybridized carbons (Fsp3) is 0.571. The van der Waals surface area contributed by atoms with E-state index in [-0.39, 0.29) is 16.2 Å². The van der Waals surface area contributed by atoms with Gasteiger partial charge in [0.05, 0.1) is 10.5 Å². The Hall–Kier alpha value is -1.46. The van der Waals surface area contributed by atoms with Crippen molar-refractivity contribution in [3.05, 3.63) is 39.4 Å². The van der Waals surface area contributed by atoms with Gasteiger partial charge in [0.15, 0.2) is 0 Å². The van der Waals surface area contributed by atoms with E-state index in [1.165, 1.54) is 0 Å². The van der Waals surface area contributed by atoms with Crippen LogP contribution in [-0.4, -0.2) is 23.7 Å². The van der Waals surface area contributed by atoms with Crippen molar-refractivity contribution in [1.82, 2.24) is 5.32 Å². The summed E-state index contributed by atoms with van der Waals surface area (Å²) in [5, 5.41) is 14.2. The third-order valence-electron chi connectivity index (χ3n) is 3.60. The highest BCUT2D eigenvalue weighted by Crippen LogP contribution is 2.24. The van der Waals surface area contributed by atoms with E-state index in [1.807, 2.05) is 6.07 Å². The van der Waals surface area contributed by atoms with Crippen LogP contribution in [0.1, 0.15) is 30.9 Å². The molecule has 1 unspecified atom stereocenters. The van der Waals surface area contributed by atoms with Gasteiger partial charge in [-0.05, 0) is 32.3 Å². The number of ether oxygens (including phenoxy) is 1. The first-order valence-corrected chi connectivity index (χ1v) is 6.59. The summed E-state index contributed by atoms with van der Waals surface area (Å²) in [4.78, 5) is 10.5. The number of hydrogen-bond acceptors (Lipinski definition) is 4. The summed E-state index contributed by atoms with van der Waals surface area (Å²) in [6.07, 6.45) is 2.17. The molecule has 1 atom stereocenters. The third-order valence-corrected chi connectivity index (χ3v) is 3.60. The first-order chi connectivity index (χ1) is 9.00. The van der Waals surface area contributed by atoms with E-state index >= 15 is 0 Å². The highest BCUT2D eigenvalue weighted by atomic mass is 16.6. The second kappa shape index (κ2) is 5.67. The number of nitrogens with one attached hydrogen (secondary N) is 1. The topological polar surface area (TPSA) is 64.4 Å². The number of hydrogen-bond donors (Lipinski definition) is 1. The van der Waals surface area contributed by atoms with Crippen molar-refractivity contribution in [3.63, 3.8) is 0 Å². The molecule has 0 aromatic heterocycles. The molecule has 2 rings (SSSR count). The molecule has 0 spiro atoms. The first-order valence-electron chi connectivity index (χ1n) is 6.59. The minimum atomic E-state index is -0.333. The Morgan fingerprint density at radius 2 is 2.32 bits per heavy atom. The van der Waals surface area contributed by atoms with Gasteiger partial charge in [0.2, 0.25) is 0 Å². The number of aryl methyl sites for hydroxylation is 1. The predicted molar refractivity (Wildman–Crippen MR) is 73.1 cm³/mol. The van der Waals surface area contributed by atoms with Gasteiger partial charge in [0.1, 0.15) is 0 Å². The molecule has 5 nitrogen and oxygen atoms in total. The Morgan fingerprint density at radius 1 is 1.53 bits per heavy atom. The van der Waals surface area contributed by atoms with Crippen LogP contribution in [-0.2, 0) is 11.3 Å². The number of nitrogens with zero attached hydrogens (tertiary/aromatic N) is 1. The van der Waals surface area contributed by atoms with E-state index in [2.05, 4.69) is 12.2 Å². The van der Waals surface area contributed by atoms with Crippen molar-refractivity contribution in [2.75, 3.05) is 13.2 Å². The zero-order chi connectivity index (χ0) is 13.9. The molecule has 104 valence electrons. The summed E-state index contributed by atoms with van der Waals surface area (Å²) in [5.41, 5.74) is 1.72. The lowest BCUT2D eigenvalue weighted by Gasteiger charge is -2.23. The van der Waals surface area contributed by atoms with Gasteiger partial charge in [-0.25, -0.2) is 0 Å². The number of nitro groups is 1. The van der Waals surface area contributed by atoms with Gasteiger partial charge in [-0.1, -0.05) is 12.1 Å². The minimum Gasteiger partial charge on any atom is -0.374 e. The van der Waals surface area contributed by atoms with Crippen molar-refractivity contribution >= 4 is 5.69 Å². The molecule has 0 radical (unpaired) electrons. The molecule has 1 aliphatic rings. The van der Waals surface area contributed by atoms with Crippen LogP contribution < -0.4 is 5.32 Å². The standard InChI is InChI=1S/C14H20N2O3/c1-11-4-5-12(8-13(11)16(17)18)9-15-10-14(2)6-3-7-19-14/h4-5,8,15H,3,6-7,9-10H2,1-2H3. The zero-order valence-corrected chi connectivity index (χ0v) is 11.4. The van der Waals surface area contributed by atoms with Crippen LogP contribution in [0.25, 0.3) is 0 Å². The Balaban J connectivity index is 1.92. The lowest BCUT2D eigenvalue weighted by Crippen LogP contribution is -2.36. The molecule has 1 fully saturated rings. The second-order valence-electron chi connectivity index (χ2n) is 5.38. The van der Waals surface area contributed by atoms with Crippen molar-refractivity contribution in [3.8, 4) is 0 Å². The quantitative estimate of drug-likeness (QED) is 0.655. The van der Waals surface area contributed by atoms with Crippen molar-refractivity contribution in [1.29, 1.82) is 0 Å². The lowest BCUT2D eigenvalue weighted by atomic mass is 10.0. The SMILES string of the molecule is Cc1ccc(CNCC2(C)CCCO2)cc1[N+](=O)[O-]. The Bertz CT molecular complexity index is 468. The second-order valence-corrected chi connectivity index (χ2v) is 5.38. The van der Waals surface area contributed by atoms with Crippen LogP contribution in [0, 0.1) is 17.0 Å². The van der Waals surface area contributed by atoms with Crippen LogP contribution in [0.2, 0.25) is 0 Å². The zero-order valence-electron chi connectivity index (χ0n) is 11.4. The van der Waals surface area contributed by atoms with Crippen molar-refractivity contribution < 1.29 is 9.66 Å². The van der Waals surface area contributed by atoms with Crippen LogP contribution >= 0.6 is 0 Å². The molecule has 0 aliphatic carbocycles. The average molecular weight is 264 g/mol.